The van der Waals surface area contributed by atoms with Crippen LogP contribution in [0.15, 0.2) is 16.6 Å². The van der Waals surface area contributed by atoms with E-state index in [2.05, 4.69) is 0 Å². The van der Waals surface area contributed by atoms with Gasteiger partial charge in [-0.3, -0.25) is 0 Å². The Labute approximate surface area is 70.3 Å². The minimum Gasteiger partial charge on any atom is -0.478 e. The van der Waals surface area contributed by atoms with Crippen molar-refractivity contribution in [1.82, 2.24) is 0 Å². The molecule has 1 heterocycles. The van der Waals surface area contributed by atoms with Crippen molar-refractivity contribution in [3.05, 3.63) is 29.2 Å². The molecular weight excluding hydrogens is 156 g/mol. The predicted molar refractivity (Wildman–Crippen MR) is 44.9 cm³/mol. The molecule has 0 bridgehead atoms. The van der Waals surface area contributed by atoms with E-state index in [1.807, 2.05) is 13.8 Å². The first kappa shape index (κ1) is 8.59. The average molecular weight is 166 g/mol. The zero-order valence-corrected chi connectivity index (χ0v) is 7.00. The summed E-state index contributed by atoms with van der Waals surface area (Å²) in [6.07, 6.45) is 2.49. The molecule has 0 aliphatic rings. The van der Waals surface area contributed by atoms with Gasteiger partial charge in [-0.2, -0.15) is 0 Å². The van der Waals surface area contributed by atoms with Crippen molar-refractivity contribution in [2.45, 2.75) is 13.8 Å². The Kier molecular flexibility index (Phi) is 2.33. The largest absolute Gasteiger partial charge is 0.478 e. The molecule has 1 aromatic heterocycles. The molecule has 0 aliphatic heterocycles. The molecule has 64 valence electrons. The summed E-state index contributed by atoms with van der Waals surface area (Å²) in [6.45, 7) is 3.75. The van der Waals surface area contributed by atoms with E-state index in [9.17, 15) is 4.79 Å². The Hall–Kier alpha value is -1.51. The van der Waals surface area contributed by atoms with Gasteiger partial charge in [-0.15, -0.1) is 0 Å². The number of furan rings is 1. The van der Waals surface area contributed by atoms with Crippen LogP contribution in [0.25, 0.3) is 6.08 Å². The van der Waals surface area contributed by atoms with Gasteiger partial charge in [0.15, 0.2) is 0 Å². The first-order chi connectivity index (χ1) is 5.59. The average Bonchev–Trinajstić information content (AvgIpc) is 2.28. The fourth-order valence-electron chi connectivity index (χ4n) is 0.837. The van der Waals surface area contributed by atoms with Crippen LogP contribution in [0.5, 0.6) is 0 Å². The van der Waals surface area contributed by atoms with E-state index in [1.165, 1.54) is 6.08 Å². The van der Waals surface area contributed by atoms with Gasteiger partial charge in [0.2, 0.25) is 0 Å². The van der Waals surface area contributed by atoms with Crippen LogP contribution < -0.4 is 0 Å². The number of carboxylic acid groups (broad SMARTS) is 1. The number of rotatable bonds is 2. The van der Waals surface area contributed by atoms with Gasteiger partial charge in [-0.1, -0.05) is 0 Å². The lowest BCUT2D eigenvalue weighted by Gasteiger charge is -1.82. The van der Waals surface area contributed by atoms with E-state index in [-0.39, 0.29) is 0 Å². The summed E-state index contributed by atoms with van der Waals surface area (Å²) in [5.41, 5.74) is 1.03. The second-order valence-corrected chi connectivity index (χ2v) is 2.56. The number of carboxylic acids is 1. The molecule has 0 amide bonds. The monoisotopic (exact) mass is 166 g/mol. The van der Waals surface area contributed by atoms with Crippen molar-refractivity contribution in [2.24, 2.45) is 0 Å². The number of hydrogen-bond acceptors (Lipinski definition) is 2. The van der Waals surface area contributed by atoms with Gasteiger partial charge in [0.1, 0.15) is 11.5 Å². The molecule has 1 aromatic rings. The lowest BCUT2D eigenvalue weighted by atomic mass is 10.3. The molecule has 3 heteroatoms. The van der Waals surface area contributed by atoms with Gasteiger partial charge in [0.05, 0.1) is 0 Å². The molecule has 0 spiro atoms. The van der Waals surface area contributed by atoms with E-state index >= 15 is 0 Å². The van der Waals surface area contributed by atoms with Crippen LogP contribution in [0.3, 0.4) is 0 Å². The van der Waals surface area contributed by atoms with Crippen molar-refractivity contribution in [3.63, 3.8) is 0 Å². The number of carbonyl (C=O) groups is 1. The quantitative estimate of drug-likeness (QED) is 0.683. The zero-order valence-electron chi connectivity index (χ0n) is 7.00. The molecule has 0 saturated carbocycles. The van der Waals surface area contributed by atoms with E-state index in [0.29, 0.717) is 5.76 Å². The third-order valence-corrected chi connectivity index (χ3v) is 1.58. The van der Waals surface area contributed by atoms with Gasteiger partial charge in [-0.25, -0.2) is 4.79 Å². The van der Waals surface area contributed by atoms with Gasteiger partial charge in [-0.05, 0) is 31.6 Å². The zero-order chi connectivity index (χ0) is 9.14. The SMILES string of the molecule is Cc1cc(/C=C/C(=O)O)oc1C. The lowest BCUT2D eigenvalue weighted by molar-refractivity contribution is -0.131. The third kappa shape index (κ3) is 1.99. The fourth-order valence-corrected chi connectivity index (χ4v) is 0.837. The molecule has 0 radical (unpaired) electrons. The minimum atomic E-state index is -0.971. The maximum atomic E-state index is 10.1. The molecule has 0 unspecified atom stereocenters. The maximum absolute atomic E-state index is 10.1. The van der Waals surface area contributed by atoms with Crippen molar-refractivity contribution in [2.75, 3.05) is 0 Å². The van der Waals surface area contributed by atoms with Gasteiger partial charge < -0.3 is 9.52 Å². The lowest BCUT2D eigenvalue weighted by Crippen LogP contribution is -1.84. The van der Waals surface area contributed by atoms with Gasteiger partial charge >= 0.3 is 5.97 Å². The summed E-state index contributed by atoms with van der Waals surface area (Å²) in [7, 11) is 0. The van der Waals surface area contributed by atoms with Crippen molar-refractivity contribution >= 4 is 12.0 Å². The van der Waals surface area contributed by atoms with Gasteiger partial charge in [0.25, 0.3) is 0 Å². The maximum Gasteiger partial charge on any atom is 0.328 e. The Bertz CT molecular complexity index is 301. The van der Waals surface area contributed by atoms with E-state index in [1.54, 1.807) is 6.07 Å². The Morgan fingerprint density at radius 3 is 2.67 bits per heavy atom. The summed E-state index contributed by atoms with van der Waals surface area (Å²) >= 11 is 0. The van der Waals surface area contributed by atoms with Crippen LogP contribution in [-0.2, 0) is 4.79 Å². The molecular formula is C9H10O3. The molecule has 0 aromatic carbocycles. The highest BCUT2D eigenvalue weighted by atomic mass is 16.4. The number of hydrogen-bond donors (Lipinski definition) is 1. The minimum absolute atomic E-state index is 0.576. The van der Waals surface area contributed by atoms with Crippen molar-refractivity contribution in [1.29, 1.82) is 0 Å². The molecule has 12 heavy (non-hydrogen) atoms. The highest BCUT2D eigenvalue weighted by molar-refractivity contribution is 5.84. The molecule has 3 nitrogen and oxygen atoms in total. The fraction of sp³-hybridized carbons (Fsp3) is 0.222. The first-order valence-corrected chi connectivity index (χ1v) is 3.57. The molecule has 0 fully saturated rings. The van der Waals surface area contributed by atoms with Crippen LogP contribution >= 0.6 is 0 Å². The first-order valence-electron chi connectivity index (χ1n) is 3.57. The van der Waals surface area contributed by atoms with Crippen LogP contribution in [0, 0.1) is 13.8 Å². The van der Waals surface area contributed by atoms with E-state index in [0.717, 1.165) is 17.4 Å². The Balaban J connectivity index is 2.83. The van der Waals surface area contributed by atoms with Crippen molar-refractivity contribution < 1.29 is 14.3 Å². The van der Waals surface area contributed by atoms with Crippen LogP contribution in [0.1, 0.15) is 17.1 Å². The summed E-state index contributed by atoms with van der Waals surface area (Å²) in [5, 5.41) is 8.32. The molecule has 1 rings (SSSR count). The standard InChI is InChI=1S/C9H10O3/c1-6-5-8(12-7(6)2)3-4-9(10)11/h3-5H,1-2H3,(H,10,11)/b4-3+. The Morgan fingerprint density at radius 1 is 1.58 bits per heavy atom. The summed E-state index contributed by atoms with van der Waals surface area (Å²) in [6, 6.07) is 1.80. The van der Waals surface area contributed by atoms with Crippen LogP contribution in [0.4, 0.5) is 0 Å². The highest BCUT2D eigenvalue weighted by Gasteiger charge is 1.99. The van der Waals surface area contributed by atoms with Crippen LogP contribution in [0.2, 0.25) is 0 Å². The summed E-state index contributed by atoms with van der Waals surface area (Å²) < 4.78 is 5.21. The highest BCUT2D eigenvalue weighted by Crippen LogP contribution is 2.13. The Morgan fingerprint density at radius 2 is 2.25 bits per heavy atom. The molecule has 0 aliphatic carbocycles. The van der Waals surface area contributed by atoms with Crippen molar-refractivity contribution in [3.8, 4) is 0 Å². The second-order valence-electron chi connectivity index (χ2n) is 2.56. The van der Waals surface area contributed by atoms with Gasteiger partial charge in [0, 0.05) is 6.08 Å². The normalized spacial score (nSPS) is 10.8. The summed E-state index contributed by atoms with van der Waals surface area (Å²) in [4.78, 5) is 10.1. The molecule has 0 atom stereocenters. The number of aliphatic carboxylic acids is 1. The third-order valence-electron chi connectivity index (χ3n) is 1.58. The van der Waals surface area contributed by atoms with E-state index in [4.69, 9.17) is 9.52 Å². The summed E-state index contributed by atoms with van der Waals surface area (Å²) in [5.74, 6) is 0.425. The predicted octanol–water partition coefficient (Wildman–Crippen LogP) is 1.99. The second kappa shape index (κ2) is 3.26. The molecule has 0 saturated heterocycles. The van der Waals surface area contributed by atoms with Crippen LogP contribution in [-0.4, -0.2) is 11.1 Å². The molecule has 1 N–H and O–H groups in total. The smallest absolute Gasteiger partial charge is 0.328 e. The van der Waals surface area contributed by atoms with E-state index < -0.39 is 5.97 Å². The topological polar surface area (TPSA) is 50.4 Å². The number of aryl methyl sites for hydroxylation is 2.